The highest BCUT2D eigenvalue weighted by Gasteiger charge is 2.15. The minimum Gasteiger partial charge on any atom is -0.324 e. The first-order chi connectivity index (χ1) is 10.4. The lowest BCUT2D eigenvalue weighted by Crippen LogP contribution is -2.20. The van der Waals surface area contributed by atoms with Gasteiger partial charge >= 0.3 is 0 Å². The first-order valence-electron chi connectivity index (χ1n) is 6.34. The maximum atomic E-state index is 11.9. The van der Waals surface area contributed by atoms with Gasteiger partial charge in [-0.2, -0.15) is 0 Å². The second kappa shape index (κ2) is 6.12. The summed E-state index contributed by atoms with van der Waals surface area (Å²) in [4.78, 5) is 33.4. The van der Waals surface area contributed by atoms with Gasteiger partial charge in [-0.05, 0) is 13.0 Å². The molecule has 0 fully saturated rings. The summed E-state index contributed by atoms with van der Waals surface area (Å²) in [6.45, 7) is 2.86. The number of nitro benzene ring substituents is 1. The normalized spacial score (nSPS) is 10.3. The lowest BCUT2D eigenvalue weighted by Gasteiger charge is -2.06. The van der Waals surface area contributed by atoms with Crippen LogP contribution in [0.25, 0.3) is 0 Å². The molecule has 0 aliphatic rings. The number of anilines is 1. The highest BCUT2D eigenvalue weighted by molar-refractivity contribution is 5.93. The molecule has 9 heteroatoms. The van der Waals surface area contributed by atoms with Crippen molar-refractivity contribution in [2.24, 2.45) is 0 Å². The van der Waals surface area contributed by atoms with Gasteiger partial charge in [-0.3, -0.25) is 19.7 Å². The van der Waals surface area contributed by atoms with E-state index in [-0.39, 0.29) is 23.7 Å². The minimum absolute atomic E-state index is 0.117. The van der Waals surface area contributed by atoms with Crippen molar-refractivity contribution >= 4 is 23.1 Å². The standard InChI is InChI=1S/C13H13N5O4/c1-8-13(9(2)19)15-16-17(8)7-12(20)14-10-4-3-5-11(6-10)18(21)22/h3-6H,7H2,1-2H3,(H,14,20). The number of rotatable bonds is 5. The van der Waals surface area contributed by atoms with Crippen molar-refractivity contribution < 1.29 is 14.5 Å². The van der Waals surface area contributed by atoms with Crippen LogP contribution in [0.4, 0.5) is 11.4 Å². The summed E-state index contributed by atoms with van der Waals surface area (Å²) in [6.07, 6.45) is 0. The van der Waals surface area contributed by atoms with Gasteiger partial charge in [-0.15, -0.1) is 5.10 Å². The van der Waals surface area contributed by atoms with Crippen molar-refractivity contribution in [3.05, 3.63) is 45.8 Å². The topological polar surface area (TPSA) is 120 Å². The van der Waals surface area contributed by atoms with Crippen molar-refractivity contribution in [2.75, 3.05) is 5.32 Å². The predicted octanol–water partition coefficient (Wildman–Crippen LogP) is 1.34. The van der Waals surface area contributed by atoms with E-state index in [0.717, 1.165) is 0 Å². The molecule has 2 aromatic rings. The van der Waals surface area contributed by atoms with Crippen LogP contribution in [0.5, 0.6) is 0 Å². The summed E-state index contributed by atoms with van der Waals surface area (Å²) < 4.78 is 1.30. The number of hydrogen-bond donors (Lipinski definition) is 1. The third-order valence-corrected chi connectivity index (χ3v) is 2.95. The van der Waals surface area contributed by atoms with Gasteiger partial charge in [0.1, 0.15) is 6.54 Å². The van der Waals surface area contributed by atoms with Gasteiger partial charge in [0, 0.05) is 24.7 Å². The smallest absolute Gasteiger partial charge is 0.271 e. The molecule has 0 bridgehead atoms. The molecule has 22 heavy (non-hydrogen) atoms. The largest absolute Gasteiger partial charge is 0.324 e. The molecule has 0 aliphatic carbocycles. The Balaban J connectivity index is 2.09. The molecule has 0 spiro atoms. The molecule has 0 unspecified atom stereocenters. The Morgan fingerprint density at radius 3 is 2.73 bits per heavy atom. The number of carbonyl (C=O) groups is 2. The molecule has 0 radical (unpaired) electrons. The van der Waals surface area contributed by atoms with Gasteiger partial charge in [-0.25, -0.2) is 4.68 Å². The summed E-state index contributed by atoms with van der Waals surface area (Å²) >= 11 is 0. The molecule has 0 atom stereocenters. The van der Waals surface area contributed by atoms with Crippen molar-refractivity contribution in [3.63, 3.8) is 0 Å². The van der Waals surface area contributed by atoms with Gasteiger partial charge in [-0.1, -0.05) is 11.3 Å². The fourth-order valence-electron chi connectivity index (χ4n) is 1.87. The van der Waals surface area contributed by atoms with Crippen molar-refractivity contribution in [1.82, 2.24) is 15.0 Å². The zero-order chi connectivity index (χ0) is 16.3. The van der Waals surface area contributed by atoms with Crippen LogP contribution in [0.2, 0.25) is 0 Å². The van der Waals surface area contributed by atoms with Gasteiger partial charge in [0.2, 0.25) is 5.91 Å². The van der Waals surface area contributed by atoms with Crippen molar-refractivity contribution in [3.8, 4) is 0 Å². The highest BCUT2D eigenvalue weighted by Crippen LogP contribution is 2.17. The number of aromatic nitrogens is 3. The first-order valence-corrected chi connectivity index (χ1v) is 6.34. The fourth-order valence-corrected chi connectivity index (χ4v) is 1.87. The van der Waals surface area contributed by atoms with E-state index < -0.39 is 10.8 Å². The van der Waals surface area contributed by atoms with Gasteiger partial charge in [0.05, 0.1) is 10.6 Å². The molecule has 2 rings (SSSR count). The van der Waals surface area contributed by atoms with Gasteiger partial charge in [0.15, 0.2) is 11.5 Å². The lowest BCUT2D eigenvalue weighted by molar-refractivity contribution is -0.384. The quantitative estimate of drug-likeness (QED) is 0.505. The van der Waals surface area contributed by atoms with Crippen LogP contribution in [-0.4, -0.2) is 31.6 Å². The Hall–Kier alpha value is -3.10. The van der Waals surface area contributed by atoms with Crippen LogP contribution < -0.4 is 5.32 Å². The molecule has 9 nitrogen and oxygen atoms in total. The Bertz CT molecular complexity index is 753. The number of amides is 1. The second-order valence-corrected chi connectivity index (χ2v) is 4.59. The first kappa shape index (κ1) is 15.3. The number of nitrogens with one attached hydrogen (secondary N) is 1. The molecule has 1 heterocycles. The maximum Gasteiger partial charge on any atom is 0.271 e. The molecule has 1 N–H and O–H groups in total. The Morgan fingerprint density at radius 2 is 2.14 bits per heavy atom. The predicted molar refractivity (Wildman–Crippen MR) is 76.5 cm³/mol. The van der Waals surface area contributed by atoms with E-state index in [1.54, 1.807) is 13.0 Å². The molecular formula is C13H13N5O4. The van der Waals surface area contributed by atoms with Crippen molar-refractivity contribution in [2.45, 2.75) is 20.4 Å². The van der Waals surface area contributed by atoms with E-state index in [4.69, 9.17) is 0 Å². The number of carbonyl (C=O) groups excluding carboxylic acids is 2. The number of hydrogen-bond acceptors (Lipinski definition) is 6. The zero-order valence-electron chi connectivity index (χ0n) is 11.9. The van der Waals surface area contributed by atoms with Crippen LogP contribution in [0.15, 0.2) is 24.3 Å². The fraction of sp³-hybridized carbons (Fsp3) is 0.231. The van der Waals surface area contributed by atoms with Crippen LogP contribution in [0, 0.1) is 17.0 Å². The van der Waals surface area contributed by atoms with E-state index >= 15 is 0 Å². The van der Waals surface area contributed by atoms with Crippen LogP contribution in [0.1, 0.15) is 23.1 Å². The molecule has 1 amide bonds. The molecule has 1 aromatic carbocycles. The van der Waals surface area contributed by atoms with E-state index in [0.29, 0.717) is 11.4 Å². The Labute approximate surface area is 125 Å². The monoisotopic (exact) mass is 303 g/mol. The van der Waals surface area contributed by atoms with E-state index in [2.05, 4.69) is 15.6 Å². The summed E-state index contributed by atoms with van der Waals surface area (Å²) in [5.41, 5.74) is 0.891. The summed E-state index contributed by atoms with van der Waals surface area (Å²) in [6, 6.07) is 5.60. The van der Waals surface area contributed by atoms with Crippen molar-refractivity contribution in [1.29, 1.82) is 0 Å². The van der Waals surface area contributed by atoms with Crippen LogP contribution >= 0.6 is 0 Å². The molecule has 0 saturated carbocycles. The number of ketones is 1. The number of nitrogens with zero attached hydrogens (tertiary/aromatic N) is 4. The third kappa shape index (κ3) is 3.32. The molecule has 0 saturated heterocycles. The molecule has 114 valence electrons. The van der Waals surface area contributed by atoms with Gasteiger partial charge < -0.3 is 5.32 Å². The summed E-state index contributed by atoms with van der Waals surface area (Å²) in [5, 5.41) is 20.7. The van der Waals surface area contributed by atoms with E-state index in [1.807, 2.05) is 0 Å². The van der Waals surface area contributed by atoms with Crippen LogP contribution in [-0.2, 0) is 11.3 Å². The lowest BCUT2D eigenvalue weighted by atomic mass is 10.2. The van der Waals surface area contributed by atoms with Crippen LogP contribution in [0.3, 0.4) is 0 Å². The Kier molecular flexibility index (Phi) is 4.25. The number of Topliss-reactive ketones (excluding diaryl/α,β-unsaturated/α-hetero) is 1. The zero-order valence-corrected chi connectivity index (χ0v) is 11.9. The SMILES string of the molecule is CC(=O)c1nnn(CC(=O)Nc2cccc([N+](=O)[O-])c2)c1C. The minimum atomic E-state index is -0.545. The summed E-state index contributed by atoms with van der Waals surface area (Å²) in [7, 11) is 0. The highest BCUT2D eigenvalue weighted by atomic mass is 16.6. The van der Waals surface area contributed by atoms with E-state index in [9.17, 15) is 19.7 Å². The summed E-state index contributed by atoms with van der Waals surface area (Å²) in [5.74, 6) is -0.661. The average molecular weight is 303 g/mol. The molecular weight excluding hydrogens is 290 g/mol. The molecule has 0 aliphatic heterocycles. The maximum absolute atomic E-state index is 11.9. The molecule has 1 aromatic heterocycles. The van der Waals surface area contributed by atoms with Gasteiger partial charge in [0.25, 0.3) is 5.69 Å². The number of nitro groups is 1. The number of benzene rings is 1. The third-order valence-electron chi connectivity index (χ3n) is 2.95. The second-order valence-electron chi connectivity index (χ2n) is 4.59. The van der Waals surface area contributed by atoms with E-state index in [1.165, 1.54) is 29.8 Å². The Morgan fingerprint density at radius 1 is 1.41 bits per heavy atom. The average Bonchev–Trinajstić information content (AvgIpc) is 2.80. The number of non-ortho nitro benzene ring substituents is 1.